The first-order chi connectivity index (χ1) is 6.99. The van der Waals surface area contributed by atoms with E-state index in [1.165, 1.54) is 12.1 Å². The minimum Gasteiger partial charge on any atom is -0.381 e. The summed E-state index contributed by atoms with van der Waals surface area (Å²) in [6.07, 6.45) is 1.06. The fourth-order valence-electron chi connectivity index (χ4n) is 1.64. The van der Waals surface area contributed by atoms with Gasteiger partial charge in [0.15, 0.2) is 0 Å². The van der Waals surface area contributed by atoms with Gasteiger partial charge in [0.1, 0.15) is 5.82 Å². The van der Waals surface area contributed by atoms with Crippen molar-refractivity contribution in [3.8, 4) is 0 Å². The van der Waals surface area contributed by atoms with E-state index >= 15 is 0 Å². The van der Waals surface area contributed by atoms with Crippen LogP contribution in [0.3, 0.4) is 0 Å². The molecule has 0 radical (unpaired) electrons. The van der Waals surface area contributed by atoms with E-state index in [1.54, 1.807) is 6.07 Å². The highest BCUT2D eigenvalue weighted by atomic mass is 35.5. The third kappa shape index (κ3) is 4.08. The zero-order chi connectivity index (χ0) is 11.4. The van der Waals surface area contributed by atoms with Crippen molar-refractivity contribution in [1.29, 1.82) is 0 Å². The fraction of sp³-hybridized carbons (Fsp3) is 0.500. The molecule has 0 spiro atoms. The molecule has 1 rings (SSSR count). The van der Waals surface area contributed by atoms with E-state index in [1.807, 2.05) is 0 Å². The molecule has 0 heterocycles. The average Bonchev–Trinajstić information content (AvgIpc) is 2.08. The molecule has 1 aromatic rings. The number of hydrogen-bond donors (Lipinski definition) is 1. The Morgan fingerprint density at radius 1 is 1.33 bits per heavy atom. The van der Waals surface area contributed by atoms with Gasteiger partial charge in [-0.2, -0.15) is 0 Å². The largest absolute Gasteiger partial charge is 0.381 e. The Morgan fingerprint density at radius 2 is 2.00 bits per heavy atom. The maximum absolute atomic E-state index is 12.8. The van der Waals surface area contributed by atoms with E-state index in [2.05, 4.69) is 26.1 Å². The average molecular weight is 230 g/mol. The standard InChI is InChI=1S/C12H17ClFN/c1-8(2)6-9(3)15-12-5-4-10(14)7-11(12)13/h4-5,7-9,15H,6H2,1-3H3. The van der Waals surface area contributed by atoms with Gasteiger partial charge in [0.2, 0.25) is 0 Å². The van der Waals surface area contributed by atoms with Gasteiger partial charge in [0, 0.05) is 6.04 Å². The lowest BCUT2D eigenvalue weighted by molar-refractivity contribution is 0.539. The van der Waals surface area contributed by atoms with Crippen LogP contribution in [0.2, 0.25) is 5.02 Å². The summed E-state index contributed by atoms with van der Waals surface area (Å²) in [6.45, 7) is 6.44. The maximum Gasteiger partial charge on any atom is 0.124 e. The maximum atomic E-state index is 12.8. The SMILES string of the molecule is CC(C)CC(C)Nc1ccc(F)cc1Cl. The molecule has 0 aliphatic rings. The first-order valence-electron chi connectivity index (χ1n) is 5.20. The number of anilines is 1. The minimum absolute atomic E-state index is 0.304. The van der Waals surface area contributed by atoms with Crippen LogP contribution in [0, 0.1) is 11.7 Å². The Balaban J connectivity index is 2.64. The zero-order valence-electron chi connectivity index (χ0n) is 9.35. The van der Waals surface area contributed by atoms with Gasteiger partial charge < -0.3 is 5.32 Å². The Hall–Kier alpha value is -0.760. The summed E-state index contributed by atoms with van der Waals surface area (Å²) in [5.41, 5.74) is 0.797. The summed E-state index contributed by atoms with van der Waals surface area (Å²) in [5.74, 6) is 0.328. The summed E-state index contributed by atoms with van der Waals surface area (Å²) in [4.78, 5) is 0. The van der Waals surface area contributed by atoms with Crippen molar-refractivity contribution < 1.29 is 4.39 Å². The second kappa shape index (κ2) is 5.36. The Labute approximate surface area is 95.6 Å². The predicted molar refractivity (Wildman–Crippen MR) is 63.9 cm³/mol. The van der Waals surface area contributed by atoms with E-state index in [4.69, 9.17) is 11.6 Å². The highest BCUT2D eigenvalue weighted by molar-refractivity contribution is 6.33. The Morgan fingerprint density at radius 3 is 2.53 bits per heavy atom. The van der Waals surface area contributed by atoms with Crippen molar-refractivity contribution in [1.82, 2.24) is 0 Å². The van der Waals surface area contributed by atoms with E-state index < -0.39 is 0 Å². The molecule has 15 heavy (non-hydrogen) atoms. The molecular weight excluding hydrogens is 213 g/mol. The zero-order valence-corrected chi connectivity index (χ0v) is 10.1. The topological polar surface area (TPSA) is 12.0 Å². The number of rotatable bonds is 4. The van der Waals surface area contributed by atoms with Crippen LogP contribution < -0.4 is 5.32 Å². The molecule has 0 saturated heterocycles. The molecule has 1 atom stereocenters. The van der Waals surface area contributed by atoms with E-state index in [9.17, 15) is 4.39 Å². The molecule has 0 amide bonds. The number of benzene rings is 1. The van der Waals surface area contributed by atoms with Crippen LogP contribution in [0.5, 0.6) is 0 Å². The number of halogens is 2. The van der Waals surface area contributed by atoms with Crippen molar-refractivity contribution in [2.24, 2.45) is 5.92 Å². The molecule has 84 valence electrons. The van der Waals surface area contributed by atoms with Crippen LogP contribution >= 0.6 is 11.6 Å². The Bertz CT molecular complexity index is 325. The molecule has 0 aromatic heterocycles. The van der Waals surface area contributed by atoms with Crippen molar-refractivity contribution >= 4 is 17.3 Å². The summed E-state index contributed by atoms with van der Waals surface area (Å²) < 4.78 is 12.8. The lowest BCUT2D eigenvalue weighted by Gasteiger charge is -2.18. The molecule has 1 nitrogen and oxygen atoms in total. The lowest BCUT2D eigenvalue weighted by atomic mass is 10.1. The molecule has 0 aliphatic heterocycles. The molecule has 1 N–H and O–H groups in total. The normalized spacial score (nSPS) is 12.9. The second-order valence-corrected chi connectivity index (χ2v) is 4.71. The van der Waals surface area contributed by atoms with Gasteiger partial charge in [-0.05, 0) is 37.5 Å². The monoisotopic (exact) mass is 229 g/mol. The first kappa shape index (κ1) is 12.3. The van der Waals surface area contributed by atoms with Gasteiger partial charge in [0.25, 0.3) is 0 Å². The van der Waals surface area contributed by atoms with E-state index in [-0.39, 0.29) is 5.82 Å². The van der Waals surface area contributed by atoms with Crippen molar-refractivity contribution in [3.63, 3.8) is 0 Å². The predicted octanol–water partition coefficient (Wildman–Crippen LogP) is 4.33. The van der Waals surface area contributed by atoms with Crippen LogP contribution in [0.15, 0.2) is 18.2 Å². The fourth-order valence-corrected chi connectivity index (χ4v) is 1.86. The smallest absolute Gasteiger partial charge is 0.124 e. The van der Waals surface area contributed by atoms with Crippen LogP contribution in [0.25, 0.3) is 0 Å². The quantitative estimate of drug-likeness (QED) is 0.811. The third-order valence-corrected chi connectivity index (χ3v) is 2.47. The molecule has 0 saturated carbocycles. The van der Waals surface area contributed by atoms with Gasteiger partial charge in [-0.25, -0.2) is 4.39 Å². The highest BCUT2D eigenvalue weighted by Gasteiger charge is 2.07. The van der Waals surface area contributed by atoms with Crippen molar-refractivity contribution in [3.05, 3.63) is 29.0 Å². The number of hydrogen-bond acceptors (Lipinski definition) is 1. The third-order valence-electron chi connectivity index (χ3n) is 2.16. The lowest BCUT2D eigenvalue weighted by Crippen LogP contribution is -2.17. The van der Waals surface area contributed by atoms with Crippen LogP contribution in [0.1, 0.15) is 27.2 Å². The summed E-state index contributed by atoms with van der Waals surface area (Å²) in [6, 6.07) is 4.75. The van der Waals surface area contributed by atoms with Crippen molar-refractivity contribution in [2.75, 3.05) is 5.32 Å². The van der Waals surface area contributed by atoms with Gasteiger partial charge in [-0.15, -0.1) is 0 Å². The van der Waals surface area contributed by atoms with Crippen LogP contribution in [-0.2, 0) is 0 Å². The highest BCUT2D eigenvalue weighted by Crippen LogP contribution is 2.24. The van der Waals surface area contributed by atoms with Crippen LogP contribution in [-0.4, -0.2) is 6.04 Å². The second-order valence-electron chi connectivity index (χ2n) is 4.30. The first-order valence-corrected chi connectivity index (χ1v) is 5.58. The molecular formula is C12H17ClFN. The van der Waals surface area contributed by atoms with Crippen molar-refractivity contribution in [2.45, 2.75) is 33.2 Å². The Kier molecular flexibility index (Phi) is 4.40. The van der Waals surface area contributed by atoms with E-state index in [0.717, 1.165) is 12.1 Å². The summed E-state index contributed by atoms with van der Waals surface area (Å²) in [7, 11) is 0. The van der Waals surface area contributed by atoms with Gasteiger partial charge >= 0.3 is 0 Å². The van der Waals surface area contributed by atoms with Gasteiger partial charge in [0.05, 0.1) is 10.7 Å². The molecule has 0 bridgehead atoms. The molecule has 3 heteroatoms. The number of nitrogens with one attached hydrogen (secondary N) is 1. The molecule has 1 aromatic carbocycles. The molecule has 0 fully saturated rings. The summed E-state index contributed by atoms with van der Waals surface area (Å²) >= 11 is 5.91. The summed E-state index contributed by atoms with van der Waals surface area (Å²) in [5, 5.41) is 3.71. The van der Waals surface area contributed by atoms with Gasteiger partial charge in [-0.1, -0.05) is 25.4 Å². The molecule has 0 aliphatic carbocycles. The van der Waals surface area contributed by atoms with E-state index in [0.29, 0.717) is 17.0 Å². The minimum atomic E-state index is -0.304. The van der Waals surface area contributed by atoms with Crippen LogP contribution in [0.4, 0.5) is 10.1 Å². The van der Waals surface area contributed by atoms with Gasteiger partial charge in [-0.3, -0.25) is 0 Å². The molecule has 1 unspecified atom stereocenters.